The Labute approximate surface area is 127 Å². The first-order chi connectivity index (χ1) is 9.65. The minimum Gasteiger partial charge on any atom is -0.490 e. The fourth-order valence-corrected chi connectivity index (χ4v) is 2.12. The van der Waals surface area contributed by atoms with Crippen molar-refractivity contribution in [2.45, 2.75) is 13.0 Å². The molecule has 2 N–H and O–H groups in total. The highest BCUT2D eigenvalue weighted by Crippen LogP contribution is 2.18. The van der Waals surface area contributed by atoms with Crippen LogP contribution in [0.4, 0.5) is 0 Å². The van der Waals surface area contributed by atoms with Gasteiger partial charge in [0, 0.05) is 10.5 Å². The van der Waals surface area contributed by atoms with Crippen molar-refractivity contribution in [3.8, 4) is 11.5 Å². The molecule has 0 radical (unpaired) electrons. The molecule has 20 heavy (non-hydrogen) atoms. The number of halogens is 1. The van der Waals surface area contributed by atoms with Crippen molar-refractivity contribution < 1.29 is 9.47 Å². The van der Waals surface area contributed by atoms with Gasteiger partial charge in [0.15, 0.2) is 0 Å². The van der Waals surface area contributed by atoms with Crippen LogP contribution in [0.3, 0.4) is 0 Å². The van der Waals surface area contributed by atoms with E-state index >= 15 is 0 Å². The summed E-state index contributed by atoms with van der Waals surface area (Å²) < 4.78 is 12.2. The molecule has 0 aliphatic carbocycles. The Morgan fingerprint density at radius 1 is 1.00 bits per heavy atom. The van der Waals surface area contributed by atoms with Crippen molar-refractivity contribution in [2.24, 2.45) is 5.73 Å². The van der Waals surface area contributed by atoms with Crippen molar-refractivity contribution in [3.05, 3.63) is 58.6 Å². The minimum atomic E-state index is 0.0453. The van der Waals surface area contributed by atoms with E-state index in [1.165, 1.54) is 0 Å². The summed E-state index contributed by atoms with van der Waals surface area (Å²) in [7, 11) is 0. The zero-order valence-corrected chi connectivity index (χ0v) is 13.0. The molecule has 0 aliphatic heterocycles. The van der Waals surface area contributed by atoms with Gasteiger partial charge in [0.2, 0.25) is 0 Å². The Balaban J connectivity index is 1.75. The summed E-state index contributed by atoms with van der Waals surface area (Å²) in [6.07, 6.45) is 0. The highest BCUT2D eigenvalue weighted by Gasteiger charge is 2.00. The summed E-state index contributed by atoms with van der Waals surface area (Å²) in [5.41, 5.74) is 6.90. The summed E-state index contributed by atoms with van der Waals surface area (Å²) in [6.45, 7) is 2.97. The average molecular weight is 336 g/mol. The number of ether oxygens (including phenoxy) is 2. The molecule has 106 valence electrons. The van der Waals surface area contributed by atoms with Crippen molar-refractivity contribution in [3.63, 3.8) is 0 Å². The average Bonchev–Trinajstić information content (AvgIpc) is 2.44. The van der Waals surface area contributed by atoms with Gasteiger partial charge in [0.1, 0.15) is 24.7 Å². The lowest BCUT2D eigenvalue weighted by molar-refractivity contribution is 0.217. The van der Waals surface area contributed by atoms with E-state index in [0.717, 1.165) is 21.5 Å². The standard InChI is InChI=1S/C16H18BrNO2/c1-12(18)13-5-7-15(8-6-13)19-9-10-20-16-4-2-3-14(17)11-16/h2-8,11-12H,9-10,18H2,1H3. The van der Waals surface area contributed by atoms with Crippen LogP contribution < -0.4 is 15.2 Å². The Hall–Kier alpha value is -1.52. The molecule has 0 saturated heterocycles. The third-order valence-corrected chi connectivity index (χ3v) is 3.32. The second-order valence-corrected chi connectivity index (χ2v) is 5.43. The Morgan fingerprint density at radius 2 is 1.65 bits per heavy atom. The molecule has 2 rings (SSSR count). The lowest BCUT2D eigenvalue weighted by Crippen LogP contribution is -2.09. The molecule has 4 heteroatoms. The molecule has 0 heterocycles. The molecule has 0 aliphatic rings. The number of rotatable bonds is 6. The zero-order chi connectivity index (χ0) is 14.4. The molecule has 0 fully saturated rings. The van der Waals surface area contributed by atoms with Gasteiger partial charge in [-0.25, -0.2) is 0 Å². The molecule has 3 nitrogen and oxygen atoms in total. The SMILES string of the molecule is CC(N)c1ccc(OCCOc2cccc(Br)c2)cc1. The van der Waals surface area contributed by atoms with Crippen molar-refractivity contribution in [1.82, 2.24) is 0 Å². The maximum Gasteiger partial charge on any atom is 0.122 e. The number of nitrogens with two attached hydrogens (primary N) is 1. The van der Waals surface area contributed by atoms with Crippen LogP contribution in [0.1, 0.15) is 18.5 Å². The zero-order valence-electron chi connectivity index (χ0n) is 11.4. The molecule has 1 unspecified atom stereocenters. The van der Waals surface area contributed by atoms with E-state index in [0.29, 0.717) is 13.2 Å². The van der Waals surface area contributed by atoms with E-state index in [-0.39, 0.29) is 6.04 Å². The van der Waals surface area contributed by atoms with Crippen LogP contribution in [-0.2, 0) is 0 Å². The van der Waals surface area contributed by atoms with Gasteiger partial charge in [-0.2, -0.15) is 0 Å². The van der Waals surface area contributed by atoms with E-state index in [1.807, 2.05) is 55.5 Å². The van der Waals surface area contributed by atoms with Crippen LogP contribution in [0.2, 0.25) is 0 Å². The predicted octanol–water partition coefficient (Wildman–Crippen LogP) is 3.93. The Bertz CT molecular complexity index is 540. The van der Waals surface area contributed by atoms with Crippen LogP contribution in [0.25, 0.3) is 0 Å². The maximum atomic E-state index is 5.80. The molecule has 1 atom stereocenters. The lowest BCUT2D eigenvalue weighted by Gasteiger charge is -2.10. The molecule has 0 spiro atoms. The largest absolute Gasteiger partial charge is 0.490 e. The molecule has 0 amide bonds. The van der Waals surface area contributed by atoms with Crippen molar-refractivity contribution >= 4 is 15.9 Å². The quantitative estimate of drug-likeness (QED) is 0.813. The van der Waals surface area contributed by atoms with E-state index in [4.69, 9.17) is 15.2 Å². The molecule has 2 aromatic rings. The number of hydrogen-bond acceptors (Lipinski definition) is 3. The van der Waals surface area contributed by atoms with E-state index in [9.17, 15) is 0 Å². The van der Waals surface area contributed by atoms with Crippen molar-refractivity contribution in [1.29, 1.82) is 0 Å². The van der Waals surface area contributed by atoms with Gasteiger partial charge in [0.05, 0.1) is 0 Å². The summed E-state index contributed by atoms with van der Waals surface area (Å²) >= 11 is 3.40. The molecule has 2 aromatic carbocycles. The van der Waals surface area contributed by atoms with Crippen LogP contribution in [0.5, 0.6) is 11.5 Å². The van der Waals surface area contributed by atoms with Gasteiger partial charge in [-0.3, -0.25) is 0 Å². The van der Waals surface area contributed by atoms with Gasteiger partial charge >= 0.3 is 0 Å². The smallest absolute Gasteiger partial charge is 0.122 e. The first kappa shape index (κ1) is 14.9. The van der Waals surface area contributed by atoms with Gasteiger partial charge in [0.25, 0.3) is 0 Å². The molecule has 0 bridgehead atoms. The lowest BCUT2D eigenvalue weighted by atomic mass is 10.1. The molecule has 0 aromatic heterocycles. The van der Waals surface area contributed by atoms with Gasteiger partial charge < -0.3 is 15.2 Å². The van der Waals surface area contributed by atoms with Crippen LogP contribution in [0.15, 0.2) is 53.0 Å². The summed E-state index contributed by atoms with van der Waals surface area (Å²) in [5, 5.41) is 0. The molecular formula is C16H18BrNO2. The fraction of sp³-hybridized carbons (Fsp3) is 0.250. The first-order valence-electron chi connectivity index (χ1n) is 6.52. The fourth-order valence-electron chi connectivity index (χ4n) is 1.74. The molecular weight excluding hydrogens is 318 g/mol. The van der Waals surface area contributed by atoms with Crippen molar-refractivity contribution in [2.75, 3.05) is 13.2 Å². The van der Waals surface area contributed by atoms with E-state index < -0.39 is 0 Å². The topological polar surface area (TPSA) is 44.5 Å². The van der Waals surface area contributed by atoms with Crippen LogP contribution >= 0.6 is 15.9 Å². The second-order valence-electron chi connectivity index (χ2n) is 4.51. The van der Waals surface area contributed by atoms with E-state index in [1.54, 1.807) is 0 Å². The Kier molecular flexibility index (Phi) is 5.44. The summed E-state index contributed by atoms with van der Waals surface area (Å²) in [5.74, 6) is 1.66. The molecule has 0 saturated carbocycles. The Morgan fingerprint density at radius 3 is 2.25 bits per heavy atom. The van der Waals surface area contributed by atoms with Crippen LogP contribution in [-0.4, -0.2) is 13.2 Å². The van der Waals surface area contributed by atoms with E-state index in [2.05, 4.69) is 15.9 Å². The predicted molar refractivity (Wildman–Crippen MR) is 84.2 cm³/mol. The highest BCUT2D eigenvalue weighted by molar-refractivity contribution is 9.10. The first-order valence-corrected chi connectivity index (χ1v) is 7.31. The van der Waals surface area contributed by atoms with Crippen LogP contribution in [0, 0.1) is 0 Å². The second kappa shape index (κ2) is 7.31. The maximum absolute atomic E-state index is 5.80. The summed E-state index contributed by atoms with van der Waals surface area (Å²) in [6, 6.07) is 15.6. The summed E-state index contributed by atoms with van der Waals surface area (Å²) in [4.78, 5) is 0. The minimum absolute atomic E-state index is 0.0453. The third-order valence-electron chi connectivity index (χ3n) is 2.82. The highest BCUT2D eigenvalue weighted by atomic mass is 79.9. The van der Waals surface area contributed by atoms with Gasteiger partial charge in [-0.05, 0) is 42.8 Å². The number of hydrogen-bond donors (Lipinski definition) is 1. The van der Waals surface area contributed by atoms with Gasteiger partial charge in [-0.1, -0.05) is 34.1 Å². The third kappa shape index (κ3) is 4.54. The normalized spacial score (nSPS) is 11.9. The number of benzene rings is 2. The monoisotopic (exact) mass is 335 g/mol. The van der Waals surface area contributed by atoms with Gasteiger partial charge in [-0.15, -0.1) is 0 Å².